The SMILES string of the molecule is Cc1ccc(CNS(=O)(=O)c2ccc([N+](=O)[O-])cc2)cc1F. The van der Waals surface area contributed by atoms with Gasteiger partial charge in [-0.25, -0.2) is 17.5 Å². The van der Waals surface area contributed by atoms with E-state index in [-0.39, 0.29) is 17.1 Å². The van der Waals surface area contributed by atoms with Gasteiger partial charge in [-0.15, -0.1) is 0 Å². The third-order valence-electron chi connectivity index (χ3n) is 3.06. The summed E-state index contributed by atoms with van der Waals surface area (Å²) in [6.45, 7) is 1.54. The van der Waals surface area contributed by atoms with Crippen LogP contribution in [0.15, 0.2) is 47.4 Å². The maximum absolute atomic E-state index is 13.4. The number of hydrogen-bond donors (Lipinski definition) is 1. The fourth-order valence-corrected chi connectivity index (χ4v) is 2.77. The van der Waals surface area contributed by atoms with Crippen LogP contribution >= 0.6 is 0 Å². The topological polar surface area (TPSA) is 89.3 Å². The number of hydrogen-bond acceptors (Lipinski definition) is 4. The molecule has 0 aliphatic heterocycles. The highest BCUT2D eigenvalue weighted by Gasteiger charge is 2.15. The summed E-state index contributed by atoms with van der Waals surface area (Å²) in [6.07, 6.45) is 0. The highest BCUT2D eigenvalue weighted by Crippen LogP contribution is 2.16. The molecule has 8 heteroatoms. The largest absolute Gasteiger partial charge is 0.269 e. The molecule has 0 fully saturated rings. The van der Waals surface area contributed by atoms with Gasteiger partial charge in [-0.1, -0.05) is 12.1 Å². The van der Waals surface area contributed by atoms with Gasteiger partial charge in [0, 0.05) is 18.7 Å². The van der Waals surface area contributed by atoms with Crippen LogP contribution < -0.4 is 4.72 Å². The van der Waals surface area contributed by atoms with E-state index in [0.29, 0.717) is 11.1 Å². The lowest BCUT2D eigenvalue weighted by Crippen LogP contribution is -2.23. The first kappa shape index (κ1) is 16.1. The van der Waals surface area contributed by atoms with E-state index in [1.807, 2.05) is 0 Å². The van der Waals surface area contributed by atoms with Crippen LogP contribution in [0, 0.1) is 22.9 Å². The van der Waals surface area contributed by atoms with Gasteiger partial charge in [-0.3, -0.25) is 10.1 Å². The second-order valence-corrected chi connectivity index (χ2v) is 6.43. The summed E-state index contributed by atoms with van der Waals surface area (Å²) in [7, 11) is -3.82. The van der Waals surface area contributed by atoms with E-state index in [1.54, 1.807) is 19.1 Å². The molecule has 2 aromatic carbocycles. The predicted molar refractivity (Wildman–Crippen MR) is 78.3 cm³/mol. The quantitative estimate of drug-likeness (QED) is 0.676. The zero-order chi connectivity index (χ0) is 16.3. The monoisotopic (exact) mass is 324 g/mol. The lowest BCUT2D eigenvalue weighted by Gasteiger charge is -2.07. The van der Waals surface area contributed by atoms with Gasteiger partial charge in [0.25, 0.3) is 5.69 Å². The summed E-state index contributed by atoms with van der Waals surface area (Å²) >= 11 is 0. The molecular weight excluding hydrogens is 311 g/mol. The average molecular weight is 324 g/mol. The minimum absolute atomic E-state index is 0.0729. The number of nitrogens with zero attached hydrogens (tertiary/aromatic N) is 1. The molecule has 0 heterocycles. The van der Waals surface area contributed by atoms with Crippen molar-refractivity contribution in [3.63, 3.8) is 0 Å². The zero-order valence-corrected chi connectivity index (χ0v) is 12.4. The number of nitro groups is 1. The van der Waals surface area contributed by atoms with Crippen molar-refractivity contribution in [3.8, 4) is 0 Å². The Hall–Kier alpha value is -2.32. The van der Waals surface area contributed by atoms with Crippen molar-refractivity contribution in [2.45, 2.75) is 18.4 Å². The van der Waals surface area contributed by atoms with Crippen LogP contribution in [0.2, 0.25) is 0 Å². The number of nitrogens with one attached hydrogen (secondary N) is 1. The molecule has 0 aromatic heterocycles. The van der Waals surface area contributed by atoms with Crippen LogP contribution in [0.1, 0.15) is 11.1 Å². The molecule has 2 aromatic rings. The lowest BCUT2D eigenvalue weighted by atomic mass is 10.1. The van der Waals surface area contributed by atoms with Gasteiger partial charge in [0.15, 0.2) is 0 Å². The summed E-state index contributed by atoms with van der Waals surface area (Å²) < 4.78 is 39.9. The van der Waals surface area contributed by atoms with Gasteiger partial charge in [0.1, 0.15) is 5.82 Å². The molecule has 0 spiro atoms. The maximum Gasteiger partial charge on any atom is 0.269 e. The Balaban J connectivity index is 2.13. The van der Waals surface area contributed by atoms with Crippen LogP contribution in [0.3, 0.4) is 0 Å². The number of benzene rings is 2. The molecule has 116 valence electrons. The fraction of sp³-hybridized carbons (Fsp3) is 0.143. The average Bonchev–Trinajstić information content (AvgIpc) is 2.48. The highest BCUT2D eigenvalue weighted by atomic mass is 32.2. The van der Waals surface area contributed by atoms with E-state index in [1.165, 1.54) is 6.07 Å². The zero-order valence-electron chi connectivity index (χ0n) is 11.6. The Morgan fingerprint density at radius 3 is 2.36 bits per heavy atom. The van der Waals surface area contributed by atoms with Crippen LogP contribution in [-0.4, -0.2) is 13.3 Å². The second-order valence-electron chi connectivity index (χ2n) is 4.66. The molecule has 0 aliphatic rings. The number of sulfonamides is 1. The molecule has 22 heavy (non-hydrogen) atoms. The van der Waals surface area contributed by atoms with Crippen molar-refractivity contribution in [2.24, 2.45) is 0 Å². The molecule has 0 saturated carbocycles. The van der Waals surface area contributed by atoms with E-state index in [9.17, 15) is 22.9 Å². The molecule has 2 rings (SSSR count). The third kappa shape index (κ3) is 3.66. The van der Waals surface area contributed by atoms with Crippen molar-refractivity contribution in [2.75, 3.05) is 0 Å². The minimum Gasteiger partial charge on any atom is -0.258 e. The van der Waals surface area contributed by atoms with Crippen molar-refractivity contribution in [1.29, 1.82) is 0 Å². The fourth-order valence-electron chi connectivity index (χ4n) is 1.76. The normalized spacial score (nSPS) is 11.4. The minimum atomic E-state index is -3.82. The Morgan fingerprint density at radius 2 is 1.82 bits per heavy atom. The number of aryl methyl sites for hydroxylation is 1. The molecule has 1 N–H and O–H groups in total. The molecule has 0 amide bonds. The Labute approximate surface area is 126 Å². The van der Waals surface area contributed by atoms with Crippen LogP contribution in [0.4, 0.5) is 10.1 Å². The number of nitro benzene ring substituents is 1. The Bertz CT molecular complexity index is 804. The molecular formula is C14H13FN2O4S. The number of non-ortho nitro benzene ring substituents is 1. The first-order chi connectivity index (χ1) is 10.3. The lowest BCUT2D eigenvalue weighted by molar-refractivity contribution is -0.384. The summed E-state index contributed by atoms with van der Waals surface area (Å²) in [5.74, 6) is -0.410. The smallest absolute Gasteiger partial charge is 0.258 e. The van der Waals surface area contributed by atoms with Crippen LogP contribution in [0.5, 0.6) is 0 Å². The van der Waals surface area contributed by atoms with E-state index in [0.717, 1.165) is 24.3 Å². The maximum atomic E-state index is 13.4. The van der Waals surface area contributed by atoms with Crippen molar-refractivity contribution < 1.29 is 17.7 Å². The number of halogens is 1. The van der Waals surface area contributed by atoms with E-state index < -0.39 is 20.8 Å². The first-order valence-corrected chi connectivity index (χ1v) is 7.77. The molecule has 0 radical (unpaired) electrons. The number of rotatable bonds is 5. The van der Waals surface area contributed by atoms with Gasteiger partial charge in [-0.05, 0) is 36.2 Å². The Morgan fingerprint density at radius 1 is 1.18 bits per heavy atom. The first-order valence-electron chi connectivity index (χ1n) is 6.29. The summed E-state index contributed by atoms with van der Waals surface area (Å²) in [5.41, 5.74) is 0.759. The summed E-state index contributed by atoms with van der Waals surface area (Å²) in [4.78, 5) is 9.83. The summed E-state index contributed by atoms with van der Waals surface area (Å²) in [5, 5.41) is 10.5. The van der Waals surface area contributed by atoms with Crippen LogP contribution in [0.25, 0.3) is 0 Å². The van der Waals surface area contributed by atoms with E-state index >= 15 is 0 Å². The molecule has 0 aliphatic carbocycles. The Kier molecular flexibility index (Phi) is 4.53. The van der Waals surface area contributed by atoms with Gasteiger partial charge >= 0.3 is 0 Å². The second kappa shape index (κ2) is 6.20. The highest BCUT2D eigenvalue weighted by molar-refractivity contribution is 7.89. The molecule has 6 nitrogen and oxygen atoms in total. The molecule has 0 saturated heterocycles. The van der Waals surface area contributed by atoms with Crippen LogP contribution in [-0.2, 0) is 16.6 Å². The standard InChI is InChI=1S/C14H13FN2O4S/c1-10-2-3-11(8-14(10)15)9-16-22(20,21)13-6-4-12(5-7-13)17(18)19/h2-8,16H,9H2,1H3. The van der Waals surface area contributed by atoms with Gasteiger partial charge < -0.3 is 0 Å². The molecule has 0 unspecified atom stereocenters. The van der Waals surface area contributed by atoms with Crippen molar-refractivity contribution in [3.05, 3.63) is 69.5 Å². The van der Waals surface area contributed by atoms with Crippen molar-refractivity contribution in [1.82, 2.24) is 4.72 Å². The van der Waals surface area contributed by atoms with Gasteiger partial charge in [-0.2, -0.15) is 0 Å². The van der Waals surface area contributed by atoms with E-state index in [2.05, 4.69) is 4.72 Å². The summed E-state index contributed by atoms with van der Waals surface area (Å²) in [6, 6.07) is 8.96. The molecule has 0 atom stereocenters. The molecule has 0 bridgehead atoms. The third-order valence-corrected chi connectivity index (χ3v) is 4.48. The van der Waals surface area contributed by atoms with Gasteiger partial charge in [0.05, 0.1) is 9.82 Å². The van der Waals surface area contributed by atoms with Gasteiger partial charge in [0.2, 0.25) is 10.0 Å². The van der Waals surface area contributed by atoms with Crippen molar-refractivity contribution >= 4 is 15.7 Å². The van der Waals surface area contributed by atoms with E-state index in [4.69, 9.17) is 0 Å². The predicted octanol–water partition coefficient (Wildman–Crippen LogP) is 2.52.